The predicted octanol–water partition coefficient (Wildman–Crippen LogP) is 0.787. The first-order chi connectivity index (χ1) is 7.00. The van der Waals surface area contributed by atoms with Gasteiger partial charge in [0.2, 0.25) is 5.30 Å². The summed E-state index contributed by atoms with van der Waals surface area (Å²) in [4.78, 5) is 27.9. The molecule has 0 bridgehead atoms. The van der Waals surface area contributed by atoms with Gasteiger partial charge < -0.3 is 5.73 Å². The second kappa shape index (κ2) is 3.43. The largest absolute Gasteiger partial charge is 0.443 e. The van der Waals surface area contributed by atoms with E-state index in [1.54, 1.807) is 24.3 Å². The lowest BCUT2D eigenvalue weighted by atomic mass is 10.1. The van der Waals surface area contributed by atoms with Gasteiger partial charge in [-0.05, 0) is 11.5 Å². The molecule has 5 heteroatoms. The van der Waals surface area contributed by atoms with Crippen LogP contribution in [0.4, 0.5) is 5.69 Å². The van der Waals surface area contributed by atoms with Crippen molar-refractivity contribution >= 4 is 29.7 Å². The van der Waals surface area contributed by atoms with Gasteiger partial charge in [-0.15, -0.1) is 0 Å². The fraction of sp³-hybridized carbons (Fsp3) is 0. The number of nitrogen functional groups attached to an aromatic ring is 1. The molecule has 2 aromatic rings. The van der Waals surface area contributed by atoms with Crippen LogP contribution >= 0.6 is 7.94 Å². The van der Waals surface area contributed by atoms with Gasteiger partial charge in [0.1, 0.15) is 0 Å². The average Bonchev–Trinajstić information content (AvgIpc) is 2.15. The Morgan fingerprint density at radius 2 is 1.60 bits per heavy atom. The van der Waals surface area contributed by atoms with Crippen LogP contribution < -0.4 is 11.0 Å². The number of benzene rings is 2. The standard InChI is InChI=1S/C10H11NO3P/c11-9-6-5-7-3-1-2-4-8(7)10(9)15(12,13)14/h1-6,12-14H,11H2/q+1. The quantitative estimate of drug-likeness (QED) is 0.426. The molecular formula is C10H11NO3P+. The molecule has 4 nitrogen and oxygen atoms in total. The summed E-state index contributed by atoms with van der Waals surface area (Å²) in [5, 5.41) is 1.40. The third-order valence-electron chi connectivity index (χ3n) is 2.23. The van der Waals surface area contributed by atoms with Gasteiger partial charge in [0.25, 0.3) is 0 Å². The molecule has 0 saturated carbocycles. The number of anilines is 1. The topological polar surface area (TPSA) is 86.7 Å². The van der Waals surface area contributed by atoms with Crippen LogP contribution in [0.25, 0.3) is 10.8 Å². The molecule has 0 saturated heterocycles. The minimum absolute atomic E-state index is 0.0283. The molecule has 0 atom stereocenters. The van der Waals surface area contributed by atoms with Gasteiger partial charge in [-0.3, -0.25) is 0 Å². The summed E-state index contributed by atoms with van der Waals surface area (Å²) in [6.07, 6.45) is 0. The minimum Gasteiger partial charge on any atom is -0.395 e. The minimum atomic E-state index is -4.08. The normalized spacial score (nSPS) is 11.9. The molecule has 15 heavy (non-hydrogen) atoms. The molecule has 0 aliphatic rings. The molecular weight excluding hydrogens is 213 g/mol. The number of hydrogen-bond acceptors (Lipinski definition) is 4. The molecule has 0 heterocycles. The fourth-order valence-corrected chi connectivity index (χ4v) is 2.55. The van der Waals surface area contributed by atoms with Crippen molar-refractivity contribution in [3.8, 4) is 0 Å². The Labute approximate surface area is 87.2 Å². The highest BCUT2D eigenvalue weighted by molar-refractivity contribution is 7.67. The van der Waals surface area contributed by atoms with Gasteiger partial charge >= 0.3 is 7.94 Å². The van der Waals surface area contributed by atoms with E-state index in [4.69, 9.17) is 5.73 Å². The second-order valence-corrected chi connectivity index (χ2v) is 4.88. The lowest BCUT2D eigenvalue weighted by Gasteiger charge is -2.09. The van der Waals surface area contributed by atoms with Crippen LogP contribution in [0.2, 0.25) is 0 Å². The van der Waals surface area contributed by atoms with Gasteiger partial charge in [0, 0.05) is 5.39 Å². The lowest BCUT2D eigenvalue weighted by molar-refractivity contribution is 0.347. The SMILES string of the molecule is Nc1ccc2ccccc2c1[P+](O)(O)O. The van der Waals surface area contributed by atoms with Crippen LogP contribution in [-0.4, -0.2) is 14.7 Å². The highest BCUT2D eigenvalue weighted by atomic mass is 31.2. The maximum Gasteiger partial charge on any atom is 0.443 e. The fourth-order valence-electron chi connectivity index (χ4n) is 1.61. The summed E-state index contributed by atoms with van der Waals surface area (Å²) in [5.41, 5.74) is 5.81. The number of nitrogens with two attached hydrogens (primary N) is 1. The first-order valence-corrected chi connectivity index (χ1v) is 6.00. The van der Waals surface area contributed by atoms with E-state index in [0.29, 0.717) is 5.39 Å². The summed E-state index contributed by atoms with van der Waals surface area (Å²) in [6.45, 7) is 0. The lowest BCUT2D eigenvalue weighted by Crippen LogP contribution is -2.15. The summed E-state index contributed by atoms with van der Waals surface area (Å²) in [6, 6.07) is 10.4. The van der Waals surface area contributed by atoms with Crippen molar-refractivity contribution in [2.45, 2.75) is 0 Å². The number of rotatable bonds is 1. The molecule has 0 amide bonds. The Bertz CT molecular complexity index is 507. The third-order valence-corrected chi connectivity index (χ3v) is 3.33. The van der Waals surface area contributed by atoms with Crippen molar-refractivity contribution in [2.24, 2.45) is 0 Å². The molecule has 2 aromatic carbocycles. The Hall–Kier alpha value is -1.19. The molecule has 0 aliphatic carbocycles. The molecule has 2 rings (SSSR count). The summed E-state index contributed by atoms with van der Waals surface area (Å²) in [5.74, 6) is 0. The van der Waals surface area contributed by atoms with E-state index in [1.807, 2.05) is 12.1 Å². The van der Waals surface area contributed by atoms with E-state index in [0.717, 1.165) is 5.39 Å². The van der Waals surface area contributed by atoms with Crippen LogP contribution in [0.3, 0.4) is 0 Å². The Balaban J connectivity index is 2.86. The van der Waals surface area contributed by atoms with Crippen molar-refractivity contribution in [3.05, 3.63) is 36.4 Å². The van der Waals surface area contributed by atoms with E-state index >= 15 is 0 Å². The third kappa shape index (κ3) is 1.80. The summed E-state index contributed by atoms with van der Waals surface area (Å²) >= 11 is 0. The smallest absolute Gasteiger partial charge is 0.395 e. The average molecular weight is 224 g/mol. The molecule has 0 spiro atoms. The van der Waals surface area contributed by atoms with Crippen LogP contribution in [0.5, 0.6) is 0 Å². The molecule has 5 N–H and O–H groups in total. The van der Waals surface area contributed by atoms with Gasteiger partial charge in [-0.25, -0.2) is 0 Å². The van der Waals surface area contributed by atoms with Gasteiger partial charge in [-0.1, -0.05) is 30.3 Å². The molecule has 0 radical (unpaired) electrons. The van der Waals surface area contributed by atoms with Crippen LogP contribution in [-0.2, 0) is 0 Å². The van der Waals surface area contributed by atoms with Crippen molar-refractivity contribution in [1.82, 2.24) is 0 Å². The maximum absolute atomic E-state index is 9.31. The zero-order chi connectivity index (χ0) is 11.1. The number of fused-ring (bicyclic) bond motifs is 1. The van der Waals surface area contributed by atoms with Crippen molar-refractivity contribution in [3.63, 3.8) is 0 Å². The number of hydrogen-bond donors (Lipinski definition) is 4. The Kier molecular flexibility index (Phi) is 2.37. The molecule has 0 unspecified atom stereocenters. The Morgan fingerprint density at radius 1 is 0.933 bits per heavy atom. The molecule has 0 aromatic heterocycles. The molecule has 0 aliphatic heterocycles. The van der Waals surface area contributed by atoms with E-state index in [9.17, 15) is 14.7 Å². The van der Waals surface area contributed by atoms with Gasteiger partial charge in [0.15, 0.2) is 0 Å². The maximum atomic E-state index is 9.31. The first kappa shape index (κ1) is 10.3. The predicted molar refractivity (Wildman–Crippen MR) is 61.6 cm³/mol. The van der Waals surface area contributed by atoms with E-state index in [-0.39, 0.29) is 11.0 Å². The van der Waals surface area contributed by atoms with E-state index in [2.05, 4.69) is 0 Å². The van der Waals surface area contributed by atoms with Crippen LogP contribution in [0.1, 0.15) is 0 Å². The van der Waals surface area contributed by atoms with Crippen LogP contribution in [0.15, 0.2) is 36.4 Å². The second-order valence-electron chi connectivity index (χ2n) is 3.29. The highest BCUT2D eigenvalue weighted by Crippen LogP contribution is 2.46. The van der Waals surface area contributed by atoms with Crippen molar-refractivity contribution in [1.29, 1.82) is 0 Å². The van der Waals surface area contributed by atoms with E-state index < -0.39 is 7.94 Å². The highest BCUT2D eigenvalue weighted by Gasteiger charge is 2.38. The first-order valence-electron chi connectivity index (χ1n) is 4.35. The molecule has 78 valence electrons. The van der Waals surface area contributed by atoms with Gasteiger partial charge in [-0.2, -0.15) is 14.7 Å². The van der Waals surface area contributed by atoms with Crippen molar-refractivity contribution < 1.29 is 14.7 Å². The summed E-state index contributed by atoms with van der Waals surface area (Å²) < 4.78 is 0. The van der Waals surface area contributed by atoms with Crippen molar-refractivity contribution in [2.75, 3.05) is 5.73 Å². The van der Waals surface area contributed by atoms with E-state index in [1.165, 1.54) is 0 Å². The summed E-state index contributed by atoms with van der Waals surface area (Å²) in [7, 11) is -4.08. The zero-order valence-electron chi connectivity index (χ0n) is 7.83. The van der Waals surface area contributed by atoms with Gasteiger partial charge in [0.05, 0.1) is 5.69 Å². The zero-order valence-corrected chi connectivity index (χ0v) is 8.72. The van der Waals surface area contributed by atoms with Crippen LogP contribution in [0, 0.1) is 0 Å². The monoisotopic (exact) mass is 224 g/mol. The molecule has 0 fully saturated rings. The Morgan fingerprint density at radius 3 is 2.27 bits per heavy atom.